The van der Waals surface area contributed by atoms with Crippen LogP contribution in [-0.2, 0) is 0 Å². The summed E-state index contributed by atoms with van der Waals surface area (Å²) in [5.41, 5.74) is 6.91. The molecule has 0 saturated heterocycles. The molecular formula is C11H9N3S. The van der Waals surface area contributed by atoms with Gasteiger partial charge in [-0.3, -0.25) is 0 Å². The number of nitrogens with zero attached hydrogens (tertiary/aromatic N) is 1. The standard InChI is InChI=1S/C11H9N3S/c12-8-4-3-6-9-5-1-2-7-10(9)14-11(13)15/h1-2,5,7H,4H2,(H3,13,14,15). The van der Waals surface area contributed by atoms with Crippen molar-refractivity contribution in [3.05, 3.63) is 29.8 Å². The molecule has 0 bridgehead atoms. The first kappa shape index (κ1) is 11.0. The molecule has 3 nitrogen and oxygen atoms in total. The predicted octanol–water partition coefficient (Wildman–Crippen LogP) is 1.61. The number of nitrogens with one attached hydrogen (secondary N) is 1. The lowest BCUT2D eigenvalue weighted by molar-refractivity contribution is 1.39. The Labute approximate surface area is 93.9 Å². The van der Waals surface area contributed by atoms with Crippen LogP contribution in [0.4, 0.5) is 5.69 Å². The van der Waals surface area contributed by atoms with E-state index in [1.165, 1.54) is 0 Å². The van der Waals surface area contributed by atoms with Crippen LogP contribution in [0.3, 0.4) is 0 Å². The van der Waals surface area contributed by atoms with E-state index in [0.29, 0.717) is 0 Å². The summed E-state index contributed by atoms with van der Waals surface area (Å²) in [5, 5.41) is 11.4. The summed E-state index contributed by atoms with van der Waals surface area (Å²) in [6.07, 6.45) is 0.210. The van der Waals surface area contributed by atoms with Crippen LogP contribution in [0.15, 0.2) is 24.3 Å². The van der Waals surface area contributed by atoms with Gasteiger partial charge in [0.2, 0.25) is 0 Å². The van der Waals surface area contributed by atoms with E-state index in [1.54, 1.807) is 0 Å². The zero-order valence-corrected chi connectivity index (χ0v) is 8.77. The first-order valence-corrected chi connectivity index (χ1v) is 4.66. The highest BCUT2D eigenvalue weighted by Gasteiger charge is 1.97. The molecule has 0 saturated carbocycles. The lowest BCUT2D eigenvalue weighted by atomic mass is 10.2. The average molecular weight is 215 g/mol. The molecule has 0 unspecified atom stereocenters. The molecule has 0 spiro atoms. The van der Waals surface area contributed by atoms with Crippen LogP contribution in [0.1, 0.15) is 12.0 Å². The third-order valence-electron chi connectivity index (χ3n) is 1.58. The predicted molar refractivity (Wildman–Crippen MR) is 64.0 cm³/mol. The van der Waals surface area contributed by atoms with Gasteiger partial charge in [-0.1, -0.05) is 24.0 Å². The SMILES string of the molecule is N#CCC#Cc1ccccc1NC(N)=S. The van der Waals surface area contributed by atoms with Crippen molar-refractivity contribution in [2.45, 2.75) is 6.42 Å². The second kappa shape index (κ2) is 5.64. The van der Waals surface area contributed by atoms with Crippen molar-refractivity contribution < 1.29 is 0 Å². The fourth-order valence-electron chi connectivity index (χ4n) is 1.01. The normalized spacial score (nSPS) is 8.20. The Balaban J connectivity index is 2.93. The number of nitriles is 1. The number of rotatable bonds is 1. The minimum atomic E-state index is 0.199. The Morgan fingerprint density at radius 2 is 2.20 bits per heavy atom. The lowest BCUT2D eigenvalue weighted by Gasteiger charge is -2.05. The van der Waals surface area contributed by atoms with Gasteiger partial charge in [-0.05, 0) is 24.4 Å². The molecule has 74 valence electrons. The highest BCUT2D eigenvalue weighted by molar-refractivity contribution is 7.80. The molecule has 1 aromatic rings. The zero-order chi connectivity index (χ0) is 11.1. The zero-order valence-electron chi connectivity index (χ0n) is 7.95. The Hall–Kier alpha value is -2.04. The number of hydrogen-bond acceptors (Lipinski definition) is 2. The third-order valence-corrected chi connectivity index (χ3v) is 1.68. The topological polar surface area (TPSA) is 61.8 Å². The molecule has 0 aliphatic rings. The summed E-state index contributed by atoms with van der Waals surface area (Å²) in [5.74, 6) is 5.60. The van der Waals surface area contributed by atoms with Gasteiger partial charge in [0.25, 0.3) is 0 Å². The quantitative estimate of drug-likeness (QED) is 0.552. The van der Waals surface area contributed by atoms with Crippen LogP contribution < -0.4 is 11.1 Å². The molecule has 1 aromatic carbocycles. The van der Waals surface area contributed by atoms with Crippen molar-refractivity contribution in [1.82, 2.24) is 0 Å². The number of nitrogens with two attached hydrogens (primary N) is 1. The highest BCUT2D eigenvalue weighted by Crippen LogP contribution is 2.12. The van der Waals surface area contributed by atoms with Crippen LogP contribution in [0, 0.1) is 23.2 Å². The van der Waals surface area contributed by atoms with E-state index < -0.39 is 0 Å². The van der Waals surface area contributed by atoms with Crippen molar-refractivity contribution in [3.8, 4) is 17.9 Å². The Bertz CT molecular complexity index is 463. The molecule has 1 rings (SSSR count). The maximum atomic E-state index is 8.35. The van der Waals surface area contributed by atoms with E-state index in [4.69, 9.17) is 23.2 Å². The molecule has 3 N–H and O–H groups in total. The molecule has 0 aliphatic heterocycles. The first-order valence-electron chi connectivity index (χ1n) is 4.25. The van der Waals surface area contributed by atoms with Gasteiger partial charge in [0.15, 0.2) is 5.11 Å². The molecular weight excluding hydrogens is 206 g/mol. The van der Waals surface area contributed by atoms with E-state index in [9.17, 15) is 0 Å². The number of para-hydroxylation sites is 1. The Kier molecular flexibility index (Phi) is 4.15. The number of benzene rings is 1. The van der Waals surface area contributed by atoms with Crippen LogP contribution >= 0.6 is 12.2 Å². The van der Waals surface area contributed by atoms with Gasteiger partial charge in [-0.15, -0.1) is 0 Å². The van der Waals surface area contributed by atoms with Crippen molar-refractivity contribution in [3.63, 3.8) is 0 Å². The summed E-state index contributed by atoms with van der Waals surface area (Å²) in [4.78, 5) is 0. The lowest BCUT2D eigenvalue weighted by Crippen LogP contribution is -2.19. The van der Waals surface area contributed by atoms with Crippen LogP contribution in [0.5, 0.6) is 0 Å². The largest absolute Gasteiger partial charge is 0.376 e. The molecule has 0 amide bonds. The Morgan fingerprint density at radius 1 is 1.47 bits per heavy atom. The fraction of sp³-hybridized carbons (Fsp3) is 0.0909. The van der Waals surface area contributed by atoms with Crippen LogP contribution in [0.25, 0.3) is 0 Å². The van der Waals surface area contributed by atoms with Crippen molar-refractivity contribution in [2.75, 3.05) is 5.32 Å². The van der Waals surface area contributed by atoms with Crippen molar-refractivity contribution >= 4 is 23.0 Å². The first-order chi connectivity index (χ1) is 7.24. The van der Waals surface area contributed by atoms with Gasteiger partial charge < -0.3 is 11.1 Å². The van der Waals surface area contributed by atoms with E-state index in [0.717, 1.165) is 11.3 Å². The highest BCUT2D eigenvalue weighted by atomic mass is 32.1. The minimum Gasteiger partial charge on any atom is -0.376 e. The second-order valence-electron chi connectivity index (χ2n) is 2.67. The molecule has 4 heteroatoms. The fourth-order valence-corrected chi connectivity index (χ4v) is 1.12. The van der Waals surface area contributed by atoms with Crippen molar-refractivity contribution in [1.29, 1.82) is 5.26 Å². The molecule has 15 heavy (non-hydrogen) atoms. The average Bonchev–Trinajstić information content (AvgIpc) is 2.20. The molecule has 0 radical (unpaired) electrons. The molecule has 0 atom stereocenters. The van der Waals surface area contributed by atoms with E-state index in [1.807, 2.05) is 30.3 Å². The van der Waals surface area contributed by atoms with E-state index >= 15 is 0 Å². The van der Waals surface area contributed by atoms with E-state index in [2.05, 4.69) is 17.2 Å². The van der Waals surface area contributed by atoms with Crippen LogP contribution in [-0.4, -0.2) is 5.11 Å². The Morgan fingerprint density at radius 3 is 2.87 bits per heavy atom. The molecule has 0 fully saturated rings. The number of anilines is 1. The third kappa shape index (κ3) is 3.68. The van der Waals surface area contributed by atoms with Gasteiger partial charge in [-0.2, -0.15) is 5.26 Å². The maximum absolute atomic E-state index is 8.35. The van der Waals surface area contributed by atoms with Crippen molar-refractivity contribution in [2.24, 2.45) is 5.73 Å². The molecule has 0 heterocycles. The maximum Gasteiger partial charge on any atom is 0.168 e. The molecule has 0 aromatic heterocycles. The van der Waals surface area contributed by atoms with Crippen LogP contribution in [0.2, 0.25) is 0 Å². The van der Waals surface area contributed by atoms with Gasteiger partial charge in [0.1, 0.15) is 0 Å². The smallest absolute Gasteiger partial charge is 0.168 e. The van der Waals surface area contributed by atoms with Gasteiger partial charge in [-0.25, -0.2) is 0 Å². The van der Waals surface area contributed by atoms with Gasteiger partial charge in [0, 0.05) is 5.56 Å². The number of hydrogen-bond donors (Lipinski definition) is 2. The summed E-state index contributed by atoms with van der Waals surface area (Å²) in [6, 6.07) is 9.34. The monoisotopic (exact) mass is 215 g/mol. The summed E-state index contributed by atoms with van der Waals surface area (Å²) in [6.45, 7) is 0. The summed E-state index contributed by atoms with van der Waals surface area (Å²) in [7, 11) is 0. The summed E-state index contributed by atoms with van der Waals surface area (Å²) < 4.78 is 0. The number of thiocarbonyl (C=S) groups is 1. The molecule has 0 aliphatic carbocycles. The second-order valence-corrected chi connectivity index (χ2v) is 3.11. The van der Waals surface area contributed by atoms with Gasteiger partial charge >= 0.3 is 0 Å². The summed E-state index contributed by atoms with van der Waals surface area (Å²) >= 11 is 4.74. The van der Waals surface area contributed by atoms with E-state index in [-0.39, 0.29) is 11.5 Å². The minimum absolute atomic E-state index is 0.199. The van der Waals surface area contributed by atoms with Gasteiger partial charge in [0.05, 0.1) is 18.2 Å².